The zero-order valence-electron chi connectivity index (χ0n) is 19.9. The molecule has 1 saturated carbocycles. The van der Waals surface area contributed by atoms with E-state index in [4.69, 9.17) is 9.47 Å². The maximum Gasteiger partial charge on any atom is 0.407 e. The minimum atomic E-state index is -0.353. The molecule has 34 heavy (non-hydrogen) atoms. The molecule has 2 aliphatic carbocycles. The van der Waals surface area contributed by atoms with Gasteiger partial charge in [-0.1, -0.05) is 36.4 Å². The largest absolute Gasteiger partial charge is 0.466 e. The maximum absolute atomic E-state index is 12.4. The summed E-state index contributed by atoms with van der Waals surface area (Å²) in [5.74, 6) is 0.858. The SMILES string of the molecule is CCOC(=O)C1[C@@H]2CC[C@H]1CN(c1ccc3c(c1)CC[C@H](NC(=O)OCc1ccccc1)C3)C2. The van der Waals surface area contributed by atoms with E-state index in [-0.39, 0.29) is 30.6 Å². The first kappa shape index (κ1) is 22.8. The van der Waals surface area contributed by atoms with Crippen LogP contribution >= 0.6 is 0 Å². The van der Waals surface area contributed by atoms with E-state index in [2.05, 4.69) is 28.4 Å². The van der Waals surface area contributed by atoms with Crippen molar-refractivity contribution in [3.8, 4) is 0 Å². The van der Waals surface area contributed by atoms with E-state index in [0.717, 1.165) is 50.8 Å². The molecule has 0 radical (unpaired) electrons. The number of piperidine rings is 1. The van der Waals surface area contributed by atoms with Gasteiger partial charge in [0.25, 0.3) is 0 Å². The molecule has 0 spiro atoms. The van der Waals surface area contributed by atoms with Gasteiger partial charge in [-0.3, -0.25) is 4.79 Å². The summed E-state index contributed by atoms with van der Waals surface area (Å²) in [5, 5.41) is 3.04. The number of rotatable bonds is 6. The van der Waals surface area contributed by atoms with E-state index >= 15 is 0 Å². The normalized spacial score (nSPS) is 25.4. The van der Waals surface area contributed by atoms with Crippen LogP contribution in [0.25, 0.3) is 0 Å². The van der Waals surface area contributed by atoms with Crippen LogP contribution in [0.15, 0.2) is 48.5 Å². The maximum atomic E-state index is 12.4. The summed E-state index contributed by atoms with van der Waals surface area (Å²) in [6.45, 7) is 4.49. The van der Waals surface area contributed by atoms with Crippen molar-refractivity contribution in [3.05, 3.63) is 65.2 Å². The molecule has 180 valence electrons. The topological polar surface area (TPSA) is 67.9 Å². The van der Waals surface area contributed by atoms with Crippen LogP contribution in [0.4, 0.5) is 10.5 Å². The molecule has 4 atom stereocenters. The third kappa shape index (κ3) is 4.91. The van der Waals surface area contributed by atoms with E-state index < -0.39 is 0 Å². The highest BCUT2D eigenvalue weighted by Crippen LogP contribution is 2.44. The summed E-state index contributed by atoms with van der Waals surface area (Å²) >= 11 is 0. The van der Waals surface area contributed by atoms with Crippen LogP contribution in [-0.2, 0) is 33.7 Å². The van der Waals surface area contributed by atoms with E-state index in [1.54, 1.807) is 0 Å². The van der Waals surface area contributed by atoms with Crippen molar-refractivity contribution >= 4 is 17.7 Å². The highest BCUT2D eigenvalue weighted by molar-refractivity contribution is 5.74. The van der Waals surface area contributed by atoms with Crippen LogP contribution < -0.4 is 10.2 Å². The van der Waals surface area contributed by atoms with Gasteiger partial charge in [0, 0.05) is 24.8 Å². The van der Waals surface area contributed by atoms with Crippen LogP contribution in [0.1, 0.15) is 42.9 Å². The van der Waals surface area contributed by atoms with Crippen LogP contribution in [0.3, 0.4) is 0 Å². The van der Waals surface area contributed by atoms with Crippen molar-refractivity contribution in [1.82, 2.24) is 5.32 Å². The Morgan fingerprint density at radius 1 is 0.971 bits per heavy atom. The number of esters is 1. The zero-order valence-corrected chi connectivity index (χ0v) is 19.9. The fourth-order valence-corrected chi connectivity index (χ4v) is 6.05. The third-order valence-electron chi connectivity index (χ3n) is 7.71. The molecule has 6 heteroatoms. The Morgan fingerprint density at radius 3 is 2.47 bits per heavy atom. The second-order valence-corrected chi connectivity index (χ2v) is 9.88. The first-order chi connectivity index (χ1) is 16.6. The number of nitrogens with zero attached hydrogens (tertiary/aromatic N) is 1. The molecule has 0 aromatic heterocycles. The lowest BCUT2D eigenvalue weighted by atomic mass is 9.84. The number of aryl methyl sites for hydroxylation is 1. The first-order valence-electron chi connectivity index (χ1n) is 12.6. The number of nitrogens with one attached hydrogen (secondary N) is 1. The summed E-state index contributed by atoms with van der Waals surface area (Å²) in [6.07, 6.45) is 4.55. The minimum absolute atomic E-state index is 0.000859. The number of carbonyl (C=O) groups excluding carboxylic acids is 2. The Morgan fingerprint density at radius 2 is 1.74 bits per heavy atom. The van der Waals surface area contributed by atoms with E-state index in [1.807, 2.05) is 37.3 Å². The van der Waals surface area contributed by atoms with Crippen LogP contribution in [0.5, 0.6) is 0 Å². The standard InChI is InChI=1S/C28H34N2O4/c1-2-33-27(31)26-22-8-9-23(26)17-30(16-22)25-13-11-20-14-24(12-10-21(20)15-25)29-28(32)34-18-19-6-4-3-5-7-19/h3-7,11,13,15,22-24,26H,2,8-10,12,14,16-18H2,1H3,(H,29,32)/t22-,23+,24-,26?/m0/s1. The lowest BCUT2D eigenvalue weighted by molar-refractivity contribution is -0.151. The molecule has 1 N–H and O–H groups in total. The Kier molecular flexibility index (Phi) is 6.75. The van der Waals surface area contributed by atoms with Gasteiger partial charge in [0.15, 0.2) is 0 Å². The Labute approximate surface area is 201 Å². The van der Waals surface area contributed by atoms with Gasteiger partial charge in [0.1, 0.15) is 6.61 Å². The number of amides is 1. The molecule has 1 amide bonds. The number of hydrogen-bond donors (Lipinski definition) is 1. The highest BCUT2D eigenvalue weighted by atomic mass is 16.5. The van der Waals surface area contributed by atoms with Crippen molar-refractivity contribution in [2.45, 2.75) is 51.7 Å². The molecule has 2 aromatic rings. The van der Waals surface area contributed by atoms with Gasteiger partial charge in [-0.2, -0.15) is 0 Å². The highest BCUT2D eigenvalue weighted by Gasteiger charge is 2.46. The molecule has 2 bridgehead atoms. The molecule has 2 fully saturated rings. The van der Waals surface area contributed by atoms with Crippen LogP contribution in [-0.4, -0.2) is 37.8 Å². The molecule has 1 heterocycles. The number of fused-ring (bicyclic) bond motifs is 3. The van der Waals surface area contributed by atoms with Gasteiger partial charge in [-0.15, -0.1) is 0 Å². The number of ether oxygens (including phenoxy) is 2. The minimum Gasteiger partial charge on any atom is -0.466 e. The molecule has 1 aliphatic heterocycles. The second kappa shape index (κ2) is 10.1. The number of alkyl carbamates (subject to hydrolysis) is 1. The van der Waals surface area contributed by atoms with E-state index in [9.17, 15) is 9.59 Å². The lowest BCUT2D eigenvalue weighted by Crippen LogP contribution is -2.45. The van der Waals surface area contributed by atoms with Gasteiger partial charge in [-0.05, 0) is 79.7 Å². The molecular formula is C28H34N2O4. The lowest BCUT2D eigenvalue weighted by Gasteiger charge is -2.38. The summed E-state index contributed by atoms with van der Waals surface area (Å²) in [6, 6.07) is 16.6. The van der Waals surface area contributed by atoms with Gasteiger partial charge < -0.3 is 19.7 Å². The van der Waals surface area contributed by atoms with Crippen LogP contribution in [0, 0.1) is 17.8 Å². The van der Waals surface area contributed by atoms with Gasteiger partial charge in [0.05, 0.1) is 12.5 Å². The average Bonchev–Trinajstić information content (AvgIpc) is 3.12. The number of hydrogen-bond acceptors (Lipinski definition) is 5. The molecule has 5 rings (SSSR count). The predicted molar refractivity (Wildman–Crippen MR) is 131 cm³/mol. The van der Waals surface area contributed by atoms with Gasteiger partial charge >= 0.3 is 12.1 Å². The van der Waals surface area contributed by atoms with Gasteiger partial charge in [0.2, 0.25) is 0 Å². The third-order valence-corrected chi connectivity index (χ3v) is 7.71. The average molecular weight is 463 g/mol. The quantitative estimate of drug-likeness (QED) is 0.641. The van der Waals surface area contributed by atoms with Crippen molar-refractivity contribution in [2.75, 3.05) is 24.6 Å². The second-order valence-electron chi connectivity index (χ2n) is 9.88. The van der Waals surface area contributed by atoms with E-state index in [0.29, 0.717) is 18.4 Å². The number of anilines is 1. The summed E-state index contributed by atoms with van der Waals surface area (Å²) in [4.78, 5) is 27.2. The molecule has 3 aliphatic rings. The molecule has 1 saturated heterocycles. The van der Waals surface area contributed by atoms with Gasteiger partial charge in [-0.25, -0.2) is 4.79 Å². The van der Waals surface area contributed by atoms with Crippen molar-refractivity contribution in [2.24, 2.45) is 17.8 Å². The summed E-state index contributed by atoms with van der Waals surface area (Å²) in [7, 11) is 0. The van der Waals surface area contributed by atoms with Crippen molar-refractivity contribution < 1.29 is 19.1 Å². The molecular weight excluding hydrogens is 428 g/mol. The van der Waals surface area contributed by atoms with Crippen molar-refractivity contribution in [1.29, 1.82) is 0 Å². The monoisotopic (exact) mass is 462 g/mol. The number of benzene rings is 2. The zero-order chi connectivity index (χ0) is 23.5. The Hall–Kier alpha value is -3.02. The summed E-state index contributed by atoms with van der Waals surface area (Å²) < 4.78 is 10.8. The Balaban J connectivity index is 1.16. The smallest absolute Gasteiger partial charge is 0.407 e. The Bertz CT molecular complexity index is 1010. The first-order valence-corrected chi connectivity index (χ1v) is 12.6. The van der Waals surface area contributed by atoms with Crippen molar-refractivity contribution in [3.63, 3.8) is 0 Å². The van der Waals surface area contributed by atoms with E-state index in [1.165, 1.54) is 16.8 Å². The number of carbonyl (C=O) groups is 2. The predicted octanol–water partition coefficient (Wildman–Crippen LogP) is 4.50. The summed E-state index contributed by atoms with van der Waals surface area (Å²) in [5.41, 5.74) is 4.91. The fourth-order valence-electron chi connectivity index (χ4n) is 6.05. The fraction of sp³-hybridized carbons (Fsp3) is 0.500. The molecule has 2 aromatic carbocycles. The van der Waals surface area contributed by atoms with Crippen LogP contribution in [0.2, 0.25) is 0 Å². The molecule has 6 nitrogen and oxygen atoms in total. The molecule has 1 unspecified atom stereocenters.